The third kappa shape index (κ3) is 5.65. The molecule has 0 bridgehead atoms. The number of hydrogen-bond acceptors (Lipinski definition) is 2. The molecule has 0 saturated heterocycles. The van der Waals surface area contributed by atoms with Crippen LogP contribution in [-0.2, 0) is 10.8 Å². The van der Waals surface area contributed by atoms with Crippen molar-refractivity contribution in [1.29, 1.82) is 0 Å². The molecule has 0 spiro atoms. The minimum absolute atomic E-state index is 0.204. The lowest BCUT2D eigenvalue weighted by Crippen LogP contribution is -2.28. The zero-order valence-corrected chi connectivity index (χ0v) is 37.7. The van der Waals surface area contributed by atoms with Crippen molar-refractivity contribution in [3.05, 3.63) is 270 Å². The molecule has 0 radical (unpaired) electrons. The van der Waals surface area contributed by atoms with Gasteiger partial charge in [0.1, 0.15) is 0 Å². The van der Waals surface area contributed by atoms with E-state index in [1.807, 2.05) is 11.3 Å². The summed E-state index contributed by atoms with van der Waals surface area (Å²) in [6, 6.07) is 88.2. The summed E-state index contributed by atoms with van der Waals surface area (Å²) >= 11 is 1.87. The van der Waals surface area contributed by atoms with Gasteiger partial charge in [0.15, 0.2) is 0 Å². The van der Waals surface area contributed by atoms with Gasteiger partial charge in [-0.2, -0.15) is 0 Å². The average Bonchev–Trinajstić information content (AvgIpc) is 3.98. The molecule has 13 rings (SSSR count). The van der Waals surface area contributed by atoms with E-state index in [1.54, 1.807) is 0 Å². The van der Waals surface area contributed by atoms with Crippen molar-refractivity contribution in [3.63, 3.8) is 0 Å². The van der Waals surface area contributed by atoms with Crippen molar-refractivity contribution >= 4 is 48.6 Å². The second-order valence-corrected chi connectivity index (χ2v) is 19.4. The Bertz CT molecular complexity index is 3610. The lowest BCUT2D eigenvalue weighted by Gasteiger charge is -2.34. The number of hydrogen-bond donors (Lipinski definition) is 0. The van der Waals surface area contributed by atoms with Crippen molar-refractivity contribution in [2.24, 2.45) is 0 Å². The Balaban J connectivity index is 1.03. The van der Waals surface area contributed by atoms with Crippen molar-refractivity contribution in [2.45, 2.75) is 24.7 Å². The molecule has 2 aliphatic carbocycles. The summed E-state index contributed by atoms with van der Waals surface area (Å²) in [6.45, 7) is 4.79. The van der Waals surface area contributed by atoms with Gasteiger partial charge in [0, 0.05) is 42.6 Å². The van der Waals surface area contributed by atoms with E-state index in [0.29, 0.717) is 0 Å². The van der Waals surface area contributed by atoms with Crippen LogP contribution in [0.2, 0.25) is 0 Å². The highest BCUT2D eigenvalue weighted by molar-refractivity contribution is 7.26. The maximum absolute atomic E-state index is 2.49. The highest BCUT2D eigenvalue weighted by Crippen LogP contribution is 2.57. The molecule has 66 heavy (non-hydrogen) atoms. The lowest BCUT2D eigenvalue weighted by atomic mass is 9.68. The average molecular weight is 860 g/mol. The van der Waals surface area contributed by atoms with Gasteiger partial charge in [0.2, 0.25) is 0 Å². The summed E-state index contributed by atoms with van der Waals surface area (Å²) in [6.07, 6.45) is 0. The third-order valence-electron chi connectivity index (χ3n) is 14.6. The van der Waals surface area contributed by atoms with Crippen LogP contribution in [0.15, 0.2) is 237 Å². The number of fused-ring (bicyclic) bond motifs is 9. The topological polar surface area (TPSA) is 3.24 Å². The molecule has 0 unspecified atom stereocenters. The SMILES string of the molecule is CC1(C)c2cc(N(c3ccc(C4(c5ccccc5)c5ccccc5-c5ccccc54)cc3)c3ccc4sc5cccc(-c6ccccc6)c5c4c3)ccc2-c2c(-c3ccccc3)cccc21. The number of thiophene rings is 1. The molecule has 0 atom stereocenters. The van der Waals surface area contributed by atoms with Gasteiger partial charge in [-0.25, -0.2) is 0 Å². The van der Waals surface area contributed by atoms with E-state index in [0.717, 1.165) is 17.1 Å². The predicted octanol–water partition coefficient (Wildman–Crippen LogP) is 17.5. The molecule has 0 fully saturated rings. The van der Waals surface area contributed by atoms with E-state index in [4.69, 9.17) is 0 Å². The lowest BCUT2D eigenvalue weighted by molar-refractivity contribution is 0.660. The number of benzene rings is 10. The largest absolute Gasteiger partial charge is 0.310 e. The Morgan fingerprint density at radius 1 is 0.348 bits per heavy atom. The molecule has 10 aromatic carbocycles. The summed E-state index contributed by atoms with van der Waals surface area (Å²) in [5.74, 6) is 0. The molecule has 1 nitrogen and oxygen atoms in total. The van der Waals surface area contributed by atoms with Gasteiger partial charge in [-0.15, -0.1) is 11.3 Å². The minimum Gasteiger partial charge on any atom is -0.310 e. The fraction of sp³-hybridized carbons (Fsp3) is 0.0625. The Morgan fingerprint density at radius 3 is 1.56 bits per heavy atom. The number of rotatable bonds is 7. The van der Waals surface area contributed by atoms with Crippen LogP contribution in [0.25, 0.3) is 64.7 Å². The monoisotopic (exact) mass is 859 g/mol. The van der Waals surface area contributed by atoms with Gasteiger partial charge < -0.3 is 4.90 Å². The van der Waals surface area contributed by atoms with E-state index in [2.05, 4.69) is 255 Å². The third-order valence-corrected chi connectivity index (χ3v) is 15.7. The maximum atomic E-state index is 2.49. The van der Waals surface area contributed by atoms with Crippen LogP contribution >= 0.6 is 11.3 Å². The first-order valence-electron chi connectivity index (χ1n) is 23.0. The first-order valence-corrected chi connectivity index (χ1v) is 23.8. The van der Waals surface area contributed by atoms with Crippen LogP contribution in [0.4, 0.5) is 17.1 Å². The Morgan fingerprint density at radius 2 is 0.864 bits per heavy atom. The van der Waals surface area contributed by atoms with E-state index in [1.165, 1.54) is 98.1 Å². The molecule has 312 valence electrons. The summed E-state index contributed by atoms with van der Waals surface area (Å²) in [5.41, 5.74) is 20.9. The van der Waals surface area contributed by atoms with Crippen molar-refractivity contribution in [2.75, 3.05) is 4.90 Å². The van der Waals surface area contributed by atoms with E-state index >= 15 is 0 Å². The molecular formula is C64H45NS. The maximum Gasteiger partial charge on any atom is 0.0713 e. The standard InChI is InChI=1S/C64H45NS/c1-63(2)57-30-16-26-49(42-18-6-3-7-19-42)61(57)53-38-36-48(41-58(53)63)65(47-37-39-59-54(40-47)62-50(27-17-31-60(62)66-59)43-20-8-4-9-21-43)46-34-32-45(33-35-46)64(44-22-10-5-11-23-44)55-28-14-12-24-51(55)52-25-13-15-29-56(52)64/h3-41H,1-2H3. The fourth-order valence-electron chi connectivity index (χ4n) is 11.6. The molecule has 1 aromatic heterocycles. The van der Waals surface area contributed by atoms with Crippen LogP contribution in [0.3, 0.4) is 0 Å². The first kappa shape index (κ1) is 38.7. The van der Waals surface area contributed by atoms with Crippen molar-refractivity contribution in [1.82, 2.24) is 0 Å². The Kier molecular flexibility index (Phi) is 8.72. The van der Waals surface area contributed by atoms with Gasteiger partial charge in [-0.3, -0.25) is 0 Å². The normalized spacial score (nSPS) is 13.8. The van der Waals surface area contributed by atoms with E-state index < -0.39 is 5.41 Å². The minimum atomic E-state index is -0.472. The fourth-order valence-corrected chi connectivity index (χ4v) is 12.7. The Labute approximate surface area is 390 Å². The molecule has 2 heteroatoms. The number of anilines is 3. The van der Waals surface area contributed by atoms with Crippen LogP contribution in [0, 0.1) is 0 Å². The molecule has 0 N–H and O–H groups in total. The Hall–Kier alpha value is -7.78. The summed E-state index contributed by atoms with van der Waals surface area (Å²) < 4.78 is 2.59. The van der Waals surface area contributed by atoms with Gasteiger partial charge in [-0.1, -0.05) is 202 Å². The van der Waals surface area contributed by atoms with Crippen LogP contribution in [-0.4, -0.2) is 0 Å². The van der Waals surface area contributed by atoms with Crippen LogP contribution in [0.5, 0.6) is 0 Å². The van der Waals surface area contributed by atoms with Gasteiger partial charge in [0.05, 0.1) is 5.41 Å². The van der Waals surface area contributed by atoms with Crippen LogP contribution in [0.1, 0.15) is 47.2 Å². The smallest absolute Gasteiger partial charge is 0.0713 e. The molecule has 1 heterocycles. The van der Waals surface area contributed by atoms with Gasteiger partial charge in [0.25, 0.3) is 0 Å². The highest BCUT2D eigenvalue weighted by Gasteiger charge is 2.46. The molecule has 0 saturated carbocycles. The highest BCUT2D eigenvalue weighted by atomic mass is 32.1. The second-order valence-electron chi connectivity index (χ2n) is 18.4. The summed E-state index contributed by atoms with van der Waals surface area (Å²) in [7, 11) is 0. The van der Waals surface area contributed by atoms with E-state index in [-0.39, 0.29) is 5.41 Å². The summed E-state index contributed by atoms with van der Waals surface area (Å²) in [4.78, 5) is 2.49. The molecule has 0 amide bonds. The van der Waals surface area contributed by atoms with Crippen molar-refractivity contribution < 1.29 is 0 Å². The number of nitrogens with zero attached hydrogens (tertiary/aromatic N) is 1. The molecular weight excluding hydrogens is 815 g/mol. The first-order chi connectivity index (χ1) is 32.5. The van der Waals surface area contributed by atoms with Gasteiger partial charge >= 0.3 is 0 Å². The summed E-state index contributed by atoms with van der Waals surface area (Å²) in [5, 5.41) is 2.58. The zero-order chi connectivity index (χ0) is 44.0. The molecule has 11 aromatic rings. The van der Waals surface area contributed by atoms with Crippen molar-refractivity contribution in [3.8, 4) is 44.5 Å². The second kappa shape index (κ2) is 14.9. The zero-order valence-electron chi connectivity index (χ0n) is 36.9. The molecule has 0 aliphatic heterocycles. The molecule has 2 aliphatic rings. The van der Waals surface area contributed by atoms with Crippen LogP contribution < -0.4 is 4.90 Å². The predicted molar refractivity (Wildman–Crippen MR) is 280 cm³/mol. The van der Waals surface area contributed by atoms with E-state index in [9.17, 15) is 0 Å². The quantitative estimate of drug-likeness (QED) is 0.154. The van der Waals surface area contributed by atoms with Gasteiger partial charge in [-0.05, 0) is 126 Å².